The molecule has 238 valence electrons. The van der Waals surface area contributed by atoms with Gasteiger partial charge in [0, 0.05) is 31.6 Å². The molecule has 0 fully saturated rings. The Kier molecular flexibility index (Phi) is 14.5. The molecule has 3 aromatic carbocycles. The van der Waals surface area contributed by atoms with Crippen molar-refractivity contribution in [2.45, 2.75) is 51.1 Å². The van der Waals surface area contributed by atoms with E-state index in [-0.39, 0.29) is 51.5 Å². The predicted molar refractivity (Wildman–Crippen MR) is 176 cm³/mol. The quantitative estimate of drug-likeness (QED) is 0.0975. The summed E-state index contributed by atoms with van der Waals surface area (Å²) in [6.45, 7) is 7.20. The molecule has 9 nitrogen and oxygen atoms in total. The number of aliphatic hydroxyl groups excluding tert-OH is 1. The van der Waals surface area contributed by atoms with E-state index in [0.717, 1.165) is 29.2 Å². The van der Waals surface area contributed by atoms with Crippen molar-refractivity contribution in [2.24, 2.45) is 5.92 Å². The Balaban J connectivity index is 1.73. The van der Waals surface area contributed by atoms with E-state index in [9.17, 15) is 24.3 Å². The van der Waals surface area contributed by atoms with Crippen LogP contribution >= 0.6 is 0 Å². The lowest BCUT2D eigenvalue weighted by Crippen LogP contribution is -2.49. The number of unbranched alkanes of at least 4 members (excludes halogenated alkanes) is 2. The second-order valence-electron chi connectivity index (χ2n) is 10.8. The molecule has 0 saturated carbocycles. The van der Waals surface area contributed by atoms with E-state index in [1.165, 1.54) is 4.90 Å². The molecule has 0 aliphatic carbocycles. The summed E-state index contributed by atoms with van der Waals surface area (Å²) in [6, 6.07) is 21.3. The van der Waals surface area contributed by atoms with Crippen LogP contribution in [0.1, 0.15) is 44.1 Å². The highest BCUT2D eigenvalue weighted by Gasteiger charge is 2.29. The van der Waals surface area contributed by atoms with Crippen LogP contribution in [0.25, 0.3) is 10.8 Å². The smallest absolute Gasteiger partial charge is 0.305 e. The van der Waals surface area contributed by atoms with Crippen molar-refractivity contribution in [2.75, 3.05) is 25.1 Å². The molecule has 0 bridgehead atoms. The van der Waals surface area contributed by atoms with Crippen LogP contribution in [0.3, 0.4) is 0 Å². The largest absolute Gasteiger partial charge is 0.463 e. The monoisotopic (exact) mass is 613 g/mol. The molecule has 9 heteroatoms. The van der Waals surface area contributed by atoms with Crippen molar-refractivity contribution in [3.05, 3.63) is 104 Å². The Morgan fingerprint density at radius 3 is 2.33 bits per heavy atom. The van der Waals surface area contributed by atoms with Crippen molar-refractivity contribution >= 4 is 40.2 Å². The molecule has 0 aromatic heterocycles. The number of benzene rings is 3. The fourth-order valence-electron chi connectivity index (χ4n) is 4.82. The number of fused-ring (bicyclic) bond motifs is 1. The number of hydrogen-bond acceptors (Lipinski definition) is 6. The average molecular weight is 614 g/mol. The number of carbonyl (C=O) groups is 4. The van der Waals surface area contributed by atoms with Gasteiger partial charge in [-0.15, -0.1) is 13.2 Å². The standard InChI is InChI=1S/C36H43N3O6/c1-3-5-6-10-18-34(42)45-26-32(36(44)37-31-20-19-28-16-11-12-17-29(28)23-31)38-35(43)30(13-4-2)24-33(41)39(21-22-40)25-27-14-8-7-9-15-27/h3-4,7-9,11-12,14-17,19-20,23,30,32,40H,1-2,5-6,10,13,18,21-22,24-26H2,(H,37,44)(H,38,43)/t30-,32+/m1/s1. The Bertz CT molecular complexity index is 1440. The van der Waals surface area contributed by atoms with E-state index in [1.807, 2.05) is 66.7 Å². The van der Waals surface area contributed by atoms with Crippen LogP contribution in [-0.2, 0) is 30.5 Å². The van der Waals surface area contributed by atoms with Crippen molar-refractivity contribution in [1.29, 1.82) is 0 Å². The summed E-state index contributed by atoms with van der Waals surface area (Å²) in [5.41, 5.74) is 1.41. The van der Waals surface area contributed by atoms with Crippen molar-refractivity contribution in [3.63, 3.8) is 0 Å². The maximum absolute atomic E-state index is 13.5. The third-order valence-corrected chi connectivity index (χ3v) is 7.28. The van der Waals surface area contributed by atoms with E-state index in [4.69, 9.17) is 4.74 Å². The van der Waals surface area contributed by atoms with Gasteiger partial charge in [-0.25, -0.2) is 0 Å². The normalized spacial score (nSPS) is 12.0. The van der Waals surface area contributed by atoms with E-state index in [0.29, 0.717) is 12.1 Å². The second kappa shape index (κ2) is 18.8. The summed E-state index contributed by atoms with van der Waals surface area (Å²) < 4.78 is 5.41. The number of nitrogens with zero attached hydrogens (tertiary/aromatic N) is 1. The van der Waals surface area contributed by atoms with Crippen LogP contribution in [0, 0.1) is 5.92 Å². The minimum Gasteiger partial charge on any atom is -0.463 e. The fraction of sp³-hybridized carbons (Fsp3) is 0.333. The molecule has 45 heavy (non-hydrogen) atoms. The molecule has 3 amide bonds. The number of amides is 3. The number of carbonyl (C=O) groups excluding carboxylic acids is 4. The third kappa shape index (κ3) is 11.7. The number of rotatable bonds is 19. The van der Waals surface area contributed by atoms with Gasteiger partial charge in [-0.2, -0.15) is 0 Å². The lowest BCUT2D eigenvalue weighted by atomic mass is 9.98. The van der Waals surface area contributed by atoms with Gasteiger partial charge in [0.25, 0.3) is 5.91 Å². The molecule has 0 saturated heterocycles. The molecule has 0 heterocycles. The Hall–Kier alpha value is -4.76. The lowest BCUT2D eigenvalue weighted by Gasteiger charge is -2.25. The molecule has 3 N–H and O–H groups in total. The first kappa shape index (κ1) is 34.7. The first-order valence-corrected chi connectivity index (χ1v) is 15.2. The van der Waals surface area contributed by atoms with Gasteiger partial charge >= 0.3 is 5.97 Å². The Labute approximate surface area is 265 Å². The van der Waals surface area contributed by atoms with Gasteiger partial charge in [-0.1, -0.05) is 72.8 Å². The highest BCUT2D eigenvalue weighted by atomic mass is 16.5. The van der Waals surface area contributed by atoms with Crippen molar-refractivity contribution in [1.82, 2.24) is 10.2 Å². The molecule has 0 aliphatic rings. The molecule has 3 rings (SSSR count). The molecule has 0 unspecified atom stereocenters. The van der Waals surface area contributed by atoms with E-state index < -0.39 is 29.7 Å². The summed E-state index contributed by atoms with van der Waals surface area (Å²) in [5, 5.41) is 17.0. The first-order valence-electron chi connectivity index (χ1n) is 15.2. The highest BCUT2D eigenvalue weighted by molar-refractivity contribution is 5.99. The fourth-order valence-corrected chi connectivity index (χ4v) is 4.82. The molecule has 3 aromatic rings. The maximum atomic E-state index is 13.5. The molecular weight excluding hydrogens is 570 g/mol. The summed E-state index contributed by atoms with van der Waals surface area (Å²) in [5.74, 6) is -2.74. The first-order chi connectivity index (χ1) is 21.8. The summed E-state index contributed by atoms with van der Waals surface area (Å²) in [7, 11) is 0. The Morgan fingerprint density at radius 2 is 1.62 bits per heavy atom. The number of hydrogen-bond donors (Lipinski definition) is 3. The zero-order chi connectivity index (χ0) is 32.4. The van der Waals surface area contributed by atoms with E-state index >= 15 is 0 Å². The van der Waals surface area contributed by atoms with Crippen LogP contribution < -0.4 is 10.6 Å². The van der Waals surface area contributed by atoms with E-state index in [2.05, 4.69) is 23.8 Å². The molecule has 0 spiro atoms. The van der Waals surface area contributed by atoms with Gasteiger partial charge in [0.05, 0.1) is 12.5 Å². The predicted octanol–water partition coefficient (Wildman–Crippen LogP) is 5.16. The number of esters is 1. The zero-order valence-electron chi connectivity index (χ0n) is 25.7. The van der Waals surface area contributed by atoms with Crippen LogP contribution in [-0.4, -0.2) is 59.5 Å². The number of ether oxygens (including phenoxy) is 1. The van der Waals surface area contributed by atoms with Crippen LogP contribution in [0.4, 0.5) is 5.69 Å². The van der Waals surface area contributed by atoms with Gasteiger partial charge in [0.1, 0.15) is 12.6 Å². The Morgan fingerprint density at radius 1 is 0.889 bits per heavy atom. The molecule has 0 radical (unpaired) electrons. The SMILES string of the molecule is C=CCCCCC(=O)OC[C@H](NC(=O)[C@H](CC=C)CC(=O)N(CCO)Cc1ccccc1)C(=O)Nc1ccc2ccccc2c1. The van der Waals surface area contributed by atoms with Gasteiger partial charge in [0.2, 0.25) is 11.8 Å². The second-order valence-corrected chi connectivity index (χ2v) is 10.8. The van der Waals surface area contributed by atoms with Crippen LogP contribution in [0.2, 0.25) is 0 Å². The van der Waals surface area contributed by atoms with Crippen LogP contribution in [0.5, 0.6) is 0 Å². The summed E-state index contributed by atoms with van der Waals surface area (Å²) >= 11 is 0. The number of nitrogens with one attached hydrogen (secondary N) is 2. The van der Waals surface area contributed by atoms with Crippen molar-refractivity contribution < 1.29 is 29.0 Å². The number of allylic oxidation sites excluding steroid dienone is 2. The average Bonchev–Trinajstić information content (AvgIpc) is 3.04. The summed E-state index contributed by atoms with van der Waals surface area (Å²) in [6.07, 6.45) is 5.70. The third-order valence-electron chi connectivity index (χ3n) is 7.28. The van der Waals surface area contributed by atoms with Crippen LogP contribution in [0.15, 0.2) is 98.1 Å². The van der Waals surface area contributed by atoms with Gasteiger partial charge < -0.3 is 25.4 Å². The number of aliphatic hydroxyl groups is 1. The summed E-state index contributed by atoms with van der Waals surface area (Å²) in [4.78, 5) is 54.2. The lowest BCUT2D eigenvalue weighted by molar-refractivity contribution is -0.146. The number of anilines is 1. The molecule has 2 atom stereocenters. The van der Waals surface area contributed by atoms with Gasteiger partial charge in [-0.3, -0.25) is 19.2 Å². The minimum atomic E-state index is -1.21. The van der Waals surface area contributed by atoms with Gasteiger partial charge in [-0.05, 0) is 54.2 Å². The minimum absolute atomic E-state index is 0.107. The van der Waals surface area contributed by atoms with Crippen molar-refractivity contribution in [3.8, 4) is 0 Å². The van der Waals surface area contributed by atoms with E-state index in [1.54, 1.807) is 18.2 Å². The van der Waals surface area contributed by atoms with Gasteiger partial charge in [0.15, 0.2) is 0 Å². The zero-order valence-corrected chi connectivity index (χ0v) is 25.7. The molecular formula is C36H43N3O6. The molecule has 0 aliphatic heterocycles. The highest BCUT2D eigenvalue weighted by Crippen LogP contribution is 2.20. The topological polar surface area (TPSA) is 125 Å². The maximum Gasteiger partial charge on any atom is 0.305 e.